The second-order valence-corrected chi connectivity index (χ2v) is 10.0. The first-order valence-electron chi connectivity index (χ1n) is 10.8. The number of rotatable bonds is 20. The first kappa shape index (κ1) is 28.0. The molecule has 0 spiro atoms. The molecule has 0 aliphatic carbocycles. The smallest absolute Gasteiger partial charge is 0.322 e. The van der Waals surface area contributed by atoms with Crippen molar-refractivity contribution in [3.05, 3.63) is 0 Å². The number of methoxy groups -OCH3 is 1. The molecule has 1 atom stereocenters. The summed E-state index contributed by atoms with van der Waals surface area (Å²) in [6.07, 6.45) is 16.0. The summed E-state index contributed by atoms with van der Waals surface area (Å²) >= 11 is 4.38. The molecule has 0 aromatic heterocycles. The normalized spacial score (nSPS) is 12.9. The van der Waals surface area contributed by atoms with E-state index in [9.17, 15) is 4.79 Å². The average Bonchev–Trinajstić information content (AvgIpc) is 2.63. The summed E-state index contributed by atoms with van der Waals surface area (Å²) in [4.78, 5) is 30.0. The minimum atomic E-state index is -3.75. The average molecular weight is 441 g/mol. The van der Waals surface area contributed by atoms with E-state index in [4.69, 9.17) is 23.8 Å². The Hall–Kier alpha value is -0.0400. The highest BCUT2D eigenvalue weighted by Gasteiger charge is 2.18. The molecule has 0 saturated carbocycles. The third kappa shape index (κ3) is 20.7. The van der Waals surface area contributed by atoms with Crippen LogP contribution in [0.25, 0.3) is 0 Å². The van der Waals surface area contributed by atoms with Crippen molar-refractivity contribution >= 4 is 24.5 Å². The Labute approximate surface area is 176 Å². The molecule has 28 heavy (non-hydrogen) atoms. The number of carbonyl (C=O) groups is 1. The first-order chi connectivity index (χ1) is 13.4. The van der Waals surface area contributed by atoms with Crippen molar-refractivity contribution in [2.24, 2.45) is 0 Å². The molecule has 0 aliphatic heterocycles. The standard InChI is InChI=1S/C20H41O6PS/c1-3-4-5-6-7-8-9-10-11-12-13-14-15-16-20(21)26-19(17-24-2)18-25-27(22,23)28/h19H,3-18H2,1-2H3,(H2,22,23,28). The maximum Gasteiger partial charge on any atom is 0.322 e. The van der Waals surface area contributed by atoms with E-state index in [2.05, 4.69) is 18.7 Å². The third-order valence-corrected chi connectivity index (χ3v) is 5.37. The van der Waals surface area contributed by atoms with E-state index < -0.39 is 12.8 Å². The van der Waals surface area contributed by atoms with Gasteiger partial charge in [0.15, 0.2) is 0 Å². The Morgan fingerprint density at radius 2 is 1.32 bits per heavy atom. The van der Waals surface area contributed by atoms with Crippen molar-refractivity contribution in [3.63, 3.8) is 0 Å². The fourth-order valence-electron chi connectivity index (χ4n) is 3.01. The predicted molar refractivity (Wildman–Crippen MR) is 117 cm³/mol. The molecule has 0 heterocycles. The molecule has 0 aliphatic rings. The van der Waals surface area contributed by atoms with Crippen molar-refractivity contribution in [2.45, 2.75) is 103 Å². The predicted octanol–water partition coefficient (Wildman–Crippen LogP) is 5.25. The van der Waals surface area contributed by atoms with Crippen molar-refractivity contribution in [1.29, 1.82) is 0 Å². The maximum atomic E-state index is 11.9. The lowest BCUT2D eigenvalue weighted by molar-refractivity contribution is -0.153. The van der Waals surface area contributed by atoms with E-state index >= 15 is 0 Å². The lowest BCUT2D eigenvalue weighted by atomic mass is 10.0. The van der Waals surface area contributed by atoms with Gasteiger partial charge in [-0.3, -0.25) is 4.79 Å². The Balaban J connectivity index is 3.55. The zero-order chi connectivity index (χ0) is 21.1. The van der Waals surface area contributed by atoms with Gasteiger partial charge >= 0.3 is 12.7 Å². The topological polar surface area (TPSA) is 85.2 Å². The monoisotopic (exact) mass is 440 g/mol. The molecular formula is C20H41O6PS. The molecule has 0 aromatic carbocycles. The minimum Gasteiger partial charge on any atom is -0.457 e. The summed E-state index contributed by atoms with van der Waals surface area (Å²) in [5.41, 5.74) is 0. The quantitative estimate of drug-likeness (QED) is 0.152. The third-order valence-electron chi connectivity index (χ3n) is 4.56. The Kier molecular flexibility index (Phi) is 18.9. The van der Waals surface area contributed by atoms with Crippen LogP contribution in [0.4, 0.5) is 0 Å². The van der Waals surface area contributed by atoms with Crippen LogP contribution in [-0.4, -0.2) is 42.2 Å². The molecule has 2 N–H and O–H groups in total. The molecule has 0 aromatic rings. The SMILES string of the molecule is CCCCCCCCCCCCCCCC(=O)OC(COC)COP(O)(O)=S. The number of hydrogen-bond donors (Lipinski definition) is 2. The van der Waals surface area contributed by atoms with Crippen LogP contribution >= 0.6 is 6.72 Å². The van der Waals surface area contributed by atoms with E-state index in [-0.39, 0.29) is 19.2 Å². The van der Waals surface area contributed by atoms with Crippen LogP contribution in [0.2, 0.25) is 0 Å². The molecule has 0 rings (SSSR count). The van der Waals surface area contributed by atoms with Crippen LogP contribution in [0.1, 0.15) is 96.8 Å². The molecule has 8 heteroatoms. The molecule has 168 valence electrons. The van der Waals surface area contributed by atoms with Gasteiger partial charge in [-0.1, -0.05) is 84.0 Å². The van der Waals surface area contributed by atoms with Crippen LogP contribution in [0.5, 0.6) is 0 Å². The molecule has 1 unspecified atom stereocenters. The van der Waals surface area contributed by atoms with Crippen molar-refractivity contribution in [3.8, 4) is 0 Å². The van der Waals surface area contributed by atoms with Crippen molar-refractivity contribution < 1.29 is 28.6 Å². The van der Waals surface area contributed by atoms with E-state index in [1.165, 1.54) is 71.3 Å². The minimum absolute atomic E-state index is 0.125. The molecule has 0 bridgehead atoms. The number of carbonyl (C=O) groups excluding carboxylic acids is 1. The van der Waals surface area contributed by atoms with Gasteiger partial charge in [-0.05, 0) is 18.2 Å². The van der Waals surface area contributed by atoms with Gasteiger partial charge in [0.1, 0.15) is 6.10 Å². The van der Waals surface area contributed by atoms with Crippen LogP contribution in [0.3, 0.4) is 0 Å². The second-order valence-electron chi connectivity index (χ2n) is 7.35. The number of hydrogen-bond acceptors (Lipinski definition) is 5. The molecule has 0 saturated heterocycles. The largest absolute Gasteiger partial charge is 0.457 e. The van der Waals surface area contributed by atoms with Gasteiger partial charge in [0.05, 0.1) is 13.2 Å². The van der Waals surface area contributed by atoms with Gasteiger partial charge in [-0.25, -0.2) is 0 Å². The number of unbranched alkanes of at least 4 members (excludes halogenated alkanes) is 12. The first-order valence-corrected chi connectivity index (χ1v) is 13.4. The van der Waals surface area contributed by atoms with Gasteiger partial charge in [-0.2, -0.15) is 0 Å². The van der Waals surface area contributed by atoms with E-state index in [1.807, 2.05) is 0 Å². The zero-order valence-corrected chi connectivity index (χ0v) is 19.5. The van der Waals surface area contributed by atoms with Gasteiger partial charge in [0.2, 0.25) is 0 Å². The second kappa shape index (κ2) is 19.0. The summed E-state index contributed by atoms with van der Waals surface area (Å²) in [6, 6.07) is 0. The van der Waals surface area contributed by atoms with Gasteiger partial charge in [-0.15, -0.1) is 0 Å². The summed E-state index contributed by atoms with van der Waals surface area (Å²) in [5, 5.41) is 0. The van der Waals surface area contributed by atoms with Crippen LogP contribution in [0.15, 0.2) is 0 Å². The number of esters is 1. The molecule has 0 radical (unpaired) electrons. The van der Waals surface area contributed by atoms with Crippen molar-refractivity contribution in [2.75, 3.05) is 20.3 Å². The Morgan fingerprint density at radius 1 is 0.857 bits per heavy atom. The Bertz CT molecular complexity index is 416. The Morgan fingerprint density at radius 3 is 1.75 bits per heavy atom. The fraction of sp³-hybridized carbons (Fsp3) is 0.950. The lowest BCUT2D eigenvalue weighted by Crippen LogP contribution is -2.27. The zero-order valence-electron chi connectivity index (χ0n) is 17.8. The van der Waals surface area contributed by atoms with Crippen LogP contribution in [-0.2, 0) is 30.6 Å². The summed E-state index contributed by atoms with van der Waals surface area (Å²) in [7, 11) is 1.47. The molecule has 0 fully saturated rings. The summed E-state index contributed by atoms with van der Waals surface area (Å²) < 4.78 is 15.0. The van der Waals surface area contributed by atoms with Gasteiger partial charge < -0.3 is 23.8 Å². The van der Waals surface area contributed by atoms with Crippen molar-refractivity contribution in [1.82, 2.24) is 0 Å². The highest BCUT2D eigenvalue weighted by atomic mass is 32.5. The summed E-state index contributed by atoms with van der Waals surface area (Å²) in [5.74, 6) is -0.321. The van der Waals surface area contributed by atoms with Gasteiger partial charge in [0, 0.05) is 13.5 Å². The number of ether oxygens (including phenoxy) is 2. The van der Waals surface area contributed by atoms with E-state index in [0.29, 0.717) is 6.42 Å². The van der Waals surface area contributed by atoms with Gasteiger partial charge in [0.25, 0.3) is 0 Å². The summed E-state index contributed by atoms with van der Waals surface area (Å²) in [6.45, 7) is -1.56. The van der Waals surface area contributed by atoms with Crippen LogP contribution < -0.4 is 0 Å². The highest BCUT2D eigenvalue weighted by Crippen LogP contribution is 2.36. The van der Waals surface area contributed by atoms with E-state index in [0.717, 1.165) is 19.3 Å². The highest BCUT2D eigenvalue weighted by molar-refractivity contribution is 8.06. The molecule has 0 amide bonds. The molecular weight excluding hydrogens is 399 g/mol. The van der Waals surface area contributed by atoms with E-state index in [1.54, 1.807) is 0 Å². The fourth-order valence-corrected chi connectivity index (χ4v) is 3.56. The van der Waals surface area contributed by atoms with Crippen LogP contribution in [0, 0.1) is 0 Å². The molecule has 6 nitrogen and oxygen atoms in total. The maximum absolute atomic E-state index is 11.9. The lowest BCUT2D eigenvalue weighted by Gasteiger charge is -2.18.